The summed E-state index contributed by atoms with van der Waals surface area (Å²) < 4.78 is 22.3. The zero-order valence-electron chi connectivity index (χ0n) is 19.5. The van der Waals surface area contributed by atoms with Gasteiger partial charge in [0.25, 0.3) is 5.91 Å². The molecule has 0 radical (unpaired) electrons. The van der Waals surface area contributed by atoms with E-state index in [0.717, 1.165) is 0 Å². The Balaban J connectivity index is 1.81. The second-order valence-electron chi connectivity index (χ2n) is 7.39. The fourth-order valence-corrected chi connectivity index (χ4v) is 4.42. The molecule has 1 aliphatic heterocycles. The van der Waals surface area contributed by atoms with Crippen LogP contribution in [0.1, 0.15) is 18.5 Å². The summed E-state index contributed by atoms with van der Waals surface area (Å²) in [6, 6.07) is 9.88. The predicted molar refractivity (Wildman–Crippen MR) is 139 cm³/mol. The number of amides is 1. The van der Waals surface area contributed by atoms with Gasteiger partial charge in [-0.15, -0.1) is 0 Å². The van der Waals surface area contributed by atoms with Gasteiger partial charge in [0.1, 0.15) is 11.7 Å². The molecular formula is C24H26BrN3O6S. The fourth-order valence-electron chi connectivity index (χ4n) is 3.59. The van der Waals surface area contributed by atoms with Crippen molar-refractivity contribution in [1.29, 1.82) is 0 Å². The number of rotatable bonds is 9. The second kappa shape index (κ2) is 11.9. The molecule has 2 atom stereocenters. The number of ether oxygens (including phenoxy) is 4. The van der Waals surface area contributed by atoms with E-state index < -0.39 is 17.9 Å². The lowest BCUT2D eigenvalue weighted by Gasteiger charge is -2.35. The van der Waals surface area contributed by atoms with Crippen molar-refractivity contribution in [2.45, 2.75) is 13.0 Å². The first-order chi connectivity index (χ1) is 16.8. The van der Waals surface area contributed by atoms with Gasteiger partial charge in [0.2, 0.25) is 0 Å². The van der Waals surface area contributed by atoms with Crippen LogP contribution >= 0.6 is 28.1 Å². The van der Waals surface area contributed by atoms with E-state index in [4.69, 9.17) is 31.2 Å². The Morgan fingerprint density at radius 2 is 1.86 bits per heavy atom. The summed E-state index contributed by atoms with van der Waals surface area (Å²) in [5.74, 6) is -0.309. The van der Waals surface area contributed by atoms with E-state index in [2.05, 4.69) is 38.5 Å². The lowest BCUT2D eigenvalue weighted by atomic mass is 9.89. The number of hydrogen-bond donors (Lipinski definition) is 3. The Hall–Kier alpha value is -3.31. The molecule has 0 unspecified atom stereocenters. The van der Waals surface area contributed by atoms with Crippen LogP contribution in [0.4, 0.5) is 5.69 Å². The Morgan fingerprint density at radius 1 is 1.14 bits per heavy atom. The van der Waals surface area contributed by atoms with Crippen LogP contribution in [0.15, 0.2) is 53.1 Å². The first kappa shape index (κ1) is 26.3. The summed E-state index contributed by atoms with van der Waals surface area (Å²) in [5, 5.41) is 9.08. The minimum atomic E-state index is -0.735. The molecule has 1 fully saturated rings. The van der Waals surface area contributed by atoms with Crippen molar-refractivity contribution in [3.63, 3.8) is 0 Å². The highest BCUT2D eigenvalue weighted by atomic mass is 79.9. The molecule has 35 heavy (non-hydrogen) atoms. The normalized spacial score (nSPS) is 17.0. The maximum atomic E-state index is 12.7. The van der Waals surface area contributed by atoms with E-state index in [-0.39, 0.29) is 19.1 Å². The van der Waals surface area contributed by atoms with Gasteiger partial charge >= 0.3 is 5.97 Å². The molecule has 0 saturated carbocycles. The van der Waals surface area contributed by atoms with Crippen molar-refractivity contribution < 1.29 is 28.5 Å². The molecule has 0 aliphatic carbocycles. The minimum Gasteiger partial charge on any atom is -0.495 e. The van der Waals surface area contributed by atoms with E-state index in [0.29, 0.717) is 43.8 Å². The van der Waals surface area contributed by atoms with Crippen LogP contribution in [-0.4, -0.2) is 44.4 Å². The van der Waals surface area contributed by atoms with Crippen LogP contribution in [0.3, 0.4) is 0 Å². The molecule has 2 aromatic rings. The number of carbonyl (C=O) groups is 2. The lowest BCUT2D eigenvalue weighted by Crippen LogP contribution is -2.51. The van der Waals surface area contributed by atoms with E-state index in [9.17, 15) is 9.59 Å². The summed E-state index contributed by atoms with van der Waals surface area (Å²) in [5.41, 5.74) is 1.64. The number of carbonyl (C=O) groups excluding carboxylic acids is 2. The SMILES string of the molecule is C=C1NC(=S)N[C@@H](c2cc(OC)c(OCC(=O)Nc3ccccc3OC)cc2Br)[C@@H]1C(=O)OCC. The molecule has 1 aliphatic rings. The van der Waals surface area contributed by atoms with Crippen molar-refractivity contribution in [2.75, 3.05) is 32.8 Å². The van der Waals surface area contributed by atoms with Crippen LogP contribution in [0.2, 0.25) is 0 Å². The Kier molecular flexibility index (Phi) is 8.94. The fraction of sp³-hybridized carbons (Fsp3) is 0.292. The first-order valence-corrected chi connectivity index (χ1v) is 11.8. The van der Waals surface area contributed by atoms with Crippen LogP contribution < -0.4 is 30.2 Å². The van der Waals surface area contributed by atoms with E-state index in [1.165, 1.54) is 14.2 Å². The summed E-state index contributed by atoms with van der Waals surface area (Å²) in [4.78, 5) is 25.1. The van der Waals surface area contributed by atoms with Crippen LogP contribution in [0, 0.1) is 5.92 Å². The molecule has 1 heterocycles. The molecule has 186 valence electrons. The highest BCUT2D eigenvalue weighted by Gasteiger charge is 2.39. The molecule has 2 aromatic carbocycles. The number of thiocarbonyl (C=S) groups is 1. The van der Waals surface area contributed by atoms with E-state index in [1.807, 2.05) is 0 Å². The molecule has 0 bridgehead atoms. The third-order valence-corrected chi connectivity index (χ3v) is 6.07. The average Bonchev–Trinajstić information content (AvgIpc) is 2.82. The summed E-state index contributed by atoms with van der Waals surface area (Å²) >= 11 is 8.82. The zero-order valence-corrected chi connectivity index (χ0v) is 21.9. The Labute approximate surface area is 217 Å². The molecule has 0 aromatic heterocycles. The summed E-state index contributed by atoms with van der Waals surface area (Å²) in [7, 11) is 3.01. The highest BCUT2D eigenvalue weighted by Crippen LogP contribution is 2.40. The number of halogens is 1. The van der Waals surface area contributed by atoms with Gasteiger partial charge in [0.05, 0.1) is 32.6 Å². The van der Waals surface area contributed by atoms with Crippen molar-refractivity contribution in [3.8, 4) is 17.2 Å². The molecule has 11 heteroatoms. The third-order valence-electron chi connectivity index (χ3n) is 5.17. The largest absolute Gasteiger partial charge is 0.495 e. The third kappa shape index (κ3) is 6.23. The molecule has 1 saturated heterocycles. The molecule has 9 nitrogen and oxygen atoms in total. The first-order valence-electron chi connectivity index (χ1n) is 10.6. The van der Waals surface area contributed by atoms with Crippen LogP contribution in [0.5, 0.6) is 17.2 Å². The van der Waals surface area contributed by atoms with E-state index in [1.54, 1.807) is 43.3 Å². The van der Waals surface area contributed by atoms with Crippen LogP contribution in [-0.2, 0) is 14.3 Å². The smallest absolute Gasteiger partial charge is 0.317 e. The van der Waals surface area contributed by atoms with Crippen molar-refractivity contribution in [1.82, 2.24) is 10.6 Å². The average molecular weight is 564 g/mol. The Bertz CT molecular complexity index is 1140. The van der Waals surface area contributed by atoms with Gasteiger partial charge in [0.15, 0.2) is 23.2 Å². The maximum absolute atomic E-state index is 12.7. The summed E-state index contributed by atoms with van der Waals surface area (Å²) in [6.07, 6.45) is 0. The second-order valence-corrected chi connectivity index (χ2v) is 8.66. The minimum absolute atomic E-state index is 0.230. The number of hydrogen-bond acceptors (Lipinski definition) is 7. The van der Waals surface area contributed by atoms with Gasteiger partial charge in [0, 0.05) is 10.2 Å². The van der Waals surface area contributed by atoms with E-state index >= 15 is 0 Å². The standard InChI is InChI=1S/C24H26BrN3O6S/c1-5-33-23(30)21-13(2)26-24(35)28-22(21)14-10-18(32-4)19(11-15(14)25)34-12-20(29)27-16-8-6-7-9-17(16)31-3/h6-11,21-22H,2,5,12H2,1,3-4H3,(H,27,29)(H2,26,28,35)/t21-,22+/m1/s1. The van der Waals surface area contributed by atoms with Gasteiger partial charge in [-0.25, -0.2) is 0 Å². The number of benzene rings is 2. The molecular weight excluding hydrogens is 538 g/mol. The van der Waals surface area contributed by atoms with Gasteiger partial charge in [-0.05, 0) is 49.0 Å². The number of anilines is 1. The molecule has 1 amide bonds. The van der Waals surface area contributed by atoms with Crippen molar-refractivity contribution in [3.05, 3.63) is 58.7 Å². The maximum Gasteiger partial charge on any atom is 0.317 e. The monoisotopic (exact) mass is 563 g/mol. The highest BCUT2D eigenvalue weighted by molar-refractivity contribution is 9.10. The van der Waals surface area contributed by atoms with Gasteiger partial charge in [-0.1, -0.05) is 34.6 Å². The van der Waals surface area contributed by atoms with Crippen molar-refractivity contribution in [2.24, 2.45) is 5.92 Å². The van der Waals surface area contributed by atoms with Crippen molar-refractivity contribution >= 4 is 50.8 Å². The van der Waals surface area contributed by atoms with Gasteiger partial charge in [-0.3, -0.25) is 9.59 Å². The zero-order chi connectivity index (χ0) is 25.5. The Morgan fingerprint density at radius 3 is 2.54 bits per heavy atom. The number of methoxy groups -OCH3 is 2. The summed E-state index contributed by atoms with van der Waals surface area (Å²) in [6.45, 7) is 5.65. The topological polar surface area (TPSA) is 107 Å². The lowest BCUT2D eigenvalue weighted by molar-refractivity contribution is -0.147. The van der Waals surface area contributed by atoms with Gasteiger partial charge < -0.3 is 34.9 Å². The number of nitrogens with one attached hydrogen (secondary N) is 3. The molecule has 3 rings (SSSR count). The molecule has 3 N–H and O–H groups in total. The molecule has 0 spiro atoms. The van der Waals surface area contributed by atoms with Gasteiger partial charge in [-0.2, -0.15) is 0 Å². The van der Waals surface area contributed by atoms with Crippen LogP contribution in [0.25, 0.3) is 0 Å². The number of para-hydroxylation sites is 2. The quantitative estimate of drug-likeness (QED) is 0.311. The number of esters is 1. The predicted octanol–water partition coefficient (Wildman–Crippen LogP) is 3.70.